The summed E-state index contributed by atoms with van der Waals surface area (Å²) in [5.74, 6) is 1.34. The van der Waals surface area contributed by atoms with Crippen LogP contribution in [0.1, 0.15) is 27.7 Å². The molecule has 0 fully saturated rings. The van der Waals surface area contributed by atoms with Crippen LogP contribution in [-0.2, 0) is 0 Å². The molecule has 20 heavy (non-hydrogen) atoms. The van der Waals surface area contributed by atoms with Crippen molar-refractivity contribution in [3.05, 3.63) is 11.1 Å². The molecule has 0 aliphatic carbocycles. The molecule has 2 rings (SSSR count). The van der Waals surface area contributed by atoms with E-state index in [1.165, 1.54) is 11.3 Å². The number of nitrogens with zero attached hydrogens (tertiary/aromatic N) is 1. The van der Waals surface area contributed by atoms with Gasteiger partial charge in [0.15, 0.2) is 10.9 Å². The van der Waals surface area contributed by atoms with Crippen molar-refractivity contribution in [1.29, 1.82) is 0 Å². The largest absolute Gasteiger partial charge is 0.489 e. The minimum Gasteiger partial charge on any atom is -0.489 e. The molecule has 1 aromatic carbocycles. The van der Waals surface area contributed by atoms with E-state index >= 15 is 0 Å². The normalized spacial score (nSPS) is 11.4. The Morgan fingerprint density at radius 3 is 2.30 bits per heavy atom. The van der Waals surface area contributed by atoms with Crippen LogP contribution >= 0.6 is 22.9 Å². The predicted octanol–water partition coefficient (Wildman–Crippen LogP) is 4.57. The number of anilines is 1. The first kappa shape index (κ1) is 15.2. The van der Waals surface area contributed by atoms with E-state index < -0.39 is 0 Å². The third-order valence-electron chi connectivity index (χ3n) is 2.48. The summed E-state index contributed by atoms with van der Waals surface area (Å²) >= 11 is 7.92. The minimum absolute atomic E-state index is 0.0496. The Labute approximate surface area is 128 Å². The number of thiazole rings is 1. The monoisotopic (exact) mass is 314 g/mol. The molecule has 1 heterocycles. The average molecular weight is 315 g/mol. The molecule has 2 aromatic rings. The van der Waals surface area contributed by atoms with Crippen molar-refractivity contribution < 1.29 is 9.47 Å². The van der Waals surface area contributed by atoms with Gasteiger partial charge in [0.1, 0.15) is 16.3 Å². The van der Waals surface area contributed by atoms with Gasteiger partial charge in [-0.2, -0.15) is 0 Å². The Kier molecular flexibility index (Phi) is 4.60. The first-order valence-electron chi connectivity index (χ1n) is 6.56. The Morgan fingerprint density at radius 2 is 1.75 bits per heavy atom. The molecule has 4 nitrogen and oxygen atoms in total. The van der Waals surface area contributed by atoms with Crippen LogP contribution in [0.3, 0.4) is 0 Å². The molecule has 1 aromatic heterocycles. The topological polar surface area (TPSA) is 43.4 Å². The smallest absolute Gasteiger partial charge is 0.183 e. The highest BCUT2D eigenvalue weighted by Gasteiger charge is 2.18. The lowest BCUT2D eigenvalue weighted by molar-refractivity contribution is 0.231. The van der Waals surface area contributed by atoms with Gasteiger partial charge in [-0.05, 0) is 27.7 Å². The highest BCUT2D eigenvalue weighted by Crippen LogP contribution is 2.43. The van der Waals surface area contributed by atoms with Gasteiger partial charge < -0.3 is 14.8 Å². The molecule has 0 saturated heterocycles. The van der Waals surface area contributed by atoms with Crippen LogP contribution in [-0.4, -0.2) is 24.2 Å². The van der Waals surface area contributed by atoms with E-state index in [9.17, 15) is 0 Å². The van der Waals surface area contributed by atoms with E-state index in [1.807, 2.05) is 40.8 Å². The fourth-order valence-corrected chi connectivity index (χ4v) is 2.96. The molecule has 0 atom stereocenters. The molecule has 0 aliphatic heterocycles. The molecule has 0 spiro atoms. The quantitative estimate of drug-likeness (QED) is 0.878. The second-order valence-corrected chi connectivity index (χ2v) is 6.34. The van der Waals surface area contributed by atoms with Crippen LogP contribution < -0.4 is 14.8 Å². The number of benzene rings is 1. The van der Waals surface area contributed by atoms with Gasteiger partial charge in [0, 0.05) is 13.1 Å². The fraction of sp³-hybridized carbons (Fsp3) is 0.500. The van der Waals surface area contributed by atoms with Crippen LogP contribution in [0.2, 0.25) is 5.02 Å². The van der Waals surface area contributed by atoms with Crippen LogP contribution in [0.25, 0.3) is 10.2 Å². The Morgan fingerprint density at radius 1 is 1.15 bits per heavy atom. The lowest BCUT2D eigenvalue weighted by Crippen LogP contribution is -2.08. The van der Waals surface area contributed by atoms with Gasteiger partial charge in [-0.25, -0.2) is 4.98 Å². The van der Waals surface area contributed by atoms with Crippen LogP contribution in [0.4, 0.5) is 5.13 Å². The highest BCUT2D eigenvalue weighted by molar-refractivity contribution is 7.22. The summed E-state index contributed by atoms with van der Waals surface area (Å²) in [6, 6.07) is 1.82. The predicted molar refractivity (Wildman–Crippen MR) is 85.7 cm³/mol. The maximum atomic E-state index is 6.43. The molecule has 0 unspecified atom stereocenters. The number of nitrogens with one attached hydrogen (secondary N) is 1. The lowest BCUT2D eigenvalue weighted by Gasteiger charge is -2.15. The van der Waals surface area contributed by atoms with E-state index in [0.29, 0.717) is 16.5 Å². The van der Waals surface area contributed by atoms with Gasteiger partial charge in [0.2, 0.25) is 0 Å². The van der Waals surface area contributed by atoms with Crippen molar-refractivity contribution in [2.45, 2.75) is 39.9 Å². The minimum atomic E-state index is 0.0496. The zero-order valence-electron chi connectivity index (χ0n) is 12.3. The van der Waals surface area contributed by atoms with Gasteiger partial charge in [-0.3, -0.25) is 0 Å². The third kappa shape index (κ3) is 3.10. The molecule has 0 saturated carbocycles. The summed E-state index contributed by atoms with van der Waals surface area (Å²) in [6.45, 7) is 7.90. The molecular formula is C14H19ClN2O2S. The summed E-state index contributed by atoms with van der Waals surface area (Å²) in [4.78, 5) is 4.51. The Balaban J connectivity index is 2.61. The SMILES string of the molecule is CNc1nc2c(OC(C)C)cc(OC(C)C)c(Cl)c2s1. The highest BCUT2D eigenvalue weighted by atomic mass is 35.5. The van der Waals surface area contributed by atoms with Gasteiger partial charge in [-0.1, -0.05) is 22.9 Å². The molecular weight excluding hydrogens is 296 g/mol. The Hall–Kier alpha value is -1.20. The number of hydrogen-bond donors (Lipinski definition) is 1. The van der Waals surface area contributed by atoms with Crippen molar-refractivity contribution in [3.8, 4) is 11.5 Å². The van der Waals surface area contributed by atoms with Gasteiger partial charge in [0.25, 0.3) is 0 Å². The van der Waals surface area contributed by atoms with Crippen molar-refractivity contribution >= 4 is 38.3 Å². The zero-order chi connectivity index (χ0) is 14.9. The summed E-state index contributed by atoms with van der Waals surface area (Å²) in [5.41, 5.74) is 0.772. The zero-order valence-corrected chi connectivity index (χ0v) is 13.9. The van der Waals surface area contributed by atoms with Crippen molar-refractivity contribution in [2.75, 3.05) is 12.4 Å². The molecule has 0 bridgehead atoms. The van der Waals surface area contributed by atoms with Gasteiger partial charge >= 0.3 is 0 Å². The van der Waals surface area contributed by atoms with E-state index in [0.717, 1.165) is 15.3 Å². The summed E-state index contributed by atoms with van der Waals surface area (Å²) in [5, 5.41) is 4.43. The number of fused-ring (bicyclic) bond motifs is 1. The first-order chi connectivity index (χ1) is 9.42. The van der Waals surface area contributed by atoms with E-state index in [4.69, 9.17) is 21.1 Å². The maximum Gasteiger partial charge on any atom is 0.183 e. The second-order valence-electron chi connectivity index (χ2n) is 4.97. The second kappa shape index (κ2) is 6.06. The summed E-state index contributed by atoms with van der Waals surface area (Å²) in [7, 11) is 1.83. The van der Waals surface area contributed by atoms with Gasteiger partial charge in [-0.15, -0.1) is 0 Å². The fourth-order valence-electron chi connectivity index (χ4n) is 1.79. The van der Waals surface area contributed by atoms with Crippen molar-refractivity contribution in [1.82, 2.24) is 4.98 Å². The number of ether oxygens (including phenoxy) is 2. The van der Waals surface area contributed by atoms with E-state index in [1.54, 1.807) is 0 Å². The van der Waals surface area contributed by atoms with Crippen molar-refractivity contribution in [3.63, 3.8) is 0 Å². The molecule has 1 N–H and O–H groups in total. The number of aromatic nitrogens is 1. The van der Waals surface area contributed by atoms with E-state index in [-0.39, 0.29) is 12.2 Å². The number of rotatable bonds is 5. The van der Waals surface area contributed by atoms with Crippen LogP contribution in [0.5, 0.6) is 11.5 Å². The van der Waals surface area contributed by atoms with E-state index in [2.05, 4.69) is 10.3 Å². The molecule has 0 aliphatic rings. The maximum absolute atomic E-state index is 6.43. The number of halogens is 1. The Bertz CT molecular complexity index is 611. The standard InChI is InChI=1S/C14H19ClN2O2S/c1-7(2)18-9-6-10(19-8(3)4)12-13(11(9)15)20-14(16-5)17-12/h6-8H,1-5H3,(H,16,17). The van der Waals surface area contributed by atoms with Gasteiger partial charge in [0.05, 0.1) is 16.9 Å². The van der Waals surface area contributed by atoms with Crippen LogP contribution in [0, 0.1) is 0 Å². The molecule has 6 heteroatoms. The lowest BCUT2D eigenvalue weighted by atomic mass is 10.2. The molecule has 110 valence electrons. The first-order valence-corrected chi connectivity index (χ1v) is 7.76. The summed E-state index contributed by atoms with van der Waals surface area (Å²) < 4.78 is 12.5. The average Bonchev–Trinajstić information content (AvgIpc) is 2.78. The number of hydrogen-bond acceptors (Lipinski definition) is 5. The van der Waals surface area contributed by atoms with Crippen molar-refractivity contribution in [2.24, 2.45) is 0 Å². The molecule has 0 radical (unpaired) electrons. The third-order valence-corrected chi connectivity index (χ3v) is 4.06. The van der Waals surface area contributed by atoms with Crippen LogP contribution in [0.15, 0.2) is 6.07 Å². The molecule has 0 amide bonds. The summed E-state index contributed by atoms with van der Waals surface area (Å²) in [6.07, 6.45) is 0.111.